The van der Waals surface area contributed by atoms with Gasteiger partial charge in [0.15, 0.2) is 0 Å². The quantitative estimate of drug-likeness (QED) is 0.835. The van der Waals surface area contributed by atoms with Crippen LogP contribution in [-0.2, 0) is 4.74 Å². The van der Waals surface area contributed by atoms with E-state index in [0.717, 1.165) is 4.88 Å². The van der Waals surface area contributed by atoms with E-state index in [1.165, 1.54) is 30.6 Å². The van der Waals surface area contributed by atoms with Gasteiger partial charge in [-0.05, 0) is 23.8 Å². The van der Waals surface area contributed by atoms with E-state index < -0.39 is 5.97 Å². The maximum atomic E-state index is 13.1. The molecule has 0 saturated carbocycles. The highest BCUT2D eigenvalue weighted by Gasteiger charge is 2.15. The van der Waals surface area contributed by atoms with Gasteiger partial charge >= 0.3 is 5.97 Å². The minimum absolute atomic E-state index is 0.325. The van der Waals surface area contributed by atoms with E-state index in [-0.39, 0.29) is 5.82 Å². The standard InChI is InChI=1S/C12H10FNO2S/c1-16-12(15)11-9(14)6-10(17-11)7-3-2-4-8(13)5-7/h2-6H,14H2,1H3. The van der Waals surface area contributed by atoms with E-state index in [4.69, 9.17) is 5.73 Å². The Morgan fingerprint density at radius 1 is 1.41 bits per heavy atom. The van der Waals surface area contributed by atoms with Crippen LogP contribution in [0.5, 0.6) is 0 Å². The number of thiophene rings is 1. The summed E-state index contributed by atoms with van der Waals surface area (Å²) in [5, 5.41) is 0. The van der Waals surface area contributed by atoms with E-state index in [1.54, 1.807) is 18.2 Å². The summed E-state index contributed by atoms with van der Waals surface area (Å²) in [5.74, 6) is -0.802. The maximum Gasteiger partial charge on any atom is 0.350 e. The molecular weight excluding hydrogens is 241 g/mol. The molecule has 5 heteroatoms. The fourth-order valence-electron chi connectivity index (χ4n) is 1.44. The van der Waals surface area contributed by atoms with Crippen LogP contribution in [0.25, 0.3) is 10.4 Å². The molecule has 0 fully saturated rings. The molecule has 0 spiro atoms. The van der Waals surface area contributed by atoms with Gasteiger partial charge in [0.2, 0.25) is 0 Å². The zero-order chi connectivity index (χ0) is 12.4. The first-order chi connectivity index (χ1) is 8.11. The minimum Gasteiger partial charge on any atom is -0.465 e. The molecule has 2 N–H and O–H groups in total. The second-order valence-electron chi connectivity index (χ2n) is 3.40. The van der Waals surface area contributed by atoms with Crippen LogP contribution in [-0.4, -0.2) is 13.1 Å². The number of nitrogen functional groups attached to an aromatic ring is 1. The van der Waals surface area contributed by atoms with Crippen molar-refractivity contribution in [3.05, 3.63) is 41.0 Å². The van der Waals surface area contributed by atoms with Crippen molar-refractivity contribution in [1.29, 1.82) is 0 Å². The molecule has 1 aromatic carbocycles. The number of carbonyl (C=O) groups excluding carboxylic acids is 1. The summed E-state index contributed by atoms with van der Waals surface area (Å²) in [5.41, 5.74) is 6.75. The topological polar surface area (TPSA) is 52.3 Å². The predicted octanol–water partition coefficient (Wildman–Crippen LogP) is 2.92. The normalized spacial score (nSPS) is 10.2. The molecule has 88 valence electrons. The Balaban J connectivity index is 2.44. The fourth-order valence-corrected chi connectivity index (χ4v) is 2.44. The Bertz CT molecular complexity index is 565. The highest BCUT2D eigenvalue weighted by atomic mass is 32.1. The van der Waals surface area contributed by atoms with E-state index in [1.807, 2.05) is 0 Å². The Morgan fingerprint density at radius 2 is 2.18 bits per heavy atom. The number of ether oxygens (including phenoxy) is 1. The first-order valence-corrected chi connectivity index (χ1v) is 5.67. The summed E-state index contributed by atoms with van der Waals surface area (Å²) in [4.78, 5) is 12.5. The van der Waals surface area contributed by atoms with Crippen LogP contribution in [0.2, 0.25) is 0 Å². The number of benzene rings is 1. The van der Waals surface area contributed by atoms with E-state index in [9.17, 15) is 9.18 Å². The molecular formula is C12H10FNO2S. The number of hydrogen-bond donors (Lipinski definition) is 1. The van der Waals surface area contributed by atoms with Crippen LogP contribution in [0.15, 0.2) is 30.3 Å². The van der Waals surface area contributed by atoms with Gasteiger partial charge in [0.05, 0.1) is 12.8 Å². The molecule has 3 nitrogen and oxygen atoms in total. The highest BCUT2D eigenvalue weighted by Crippen LogP contribution is 2.33. The second-order valence-corrected chi connectivity index (χ2v) is 4.45. The number of rotatable bonds is 2. The zero-order valence-corrected chi connectivity index (χ0v) is 9.88. The Hall–Kier alpha value is -1.88. The molecule has 0 atom stereocenters. The summed E-state index contributed by atoms with van der Waals surface area (Å²) in [7, 11) is 1.29. The first kappa shape index (κ1) is 11.6. The van der Waals surface area contributed by atoms with Crippen molar-refractivity contribution in [3.63, 3.8) is 0 Å². The third-order valence-corrected chi connectivity index (χ3v) is 3.42. The van der Waals surface area contributed by atoms with Crippen LogP contribution in [0.4, 0.5) is 10.1 Å². The molecule has 0 aliphatic heterocycles. The summed E-state index contributed by atoms with van der Waals surface area (Å²) in [6.45, 7) is 0. The van der Waals surface area contributed by atoms with Crippen LogP contribution in [0, 0.1) is 5.82 Å². The molecule has 0 bridgehead atoms. The van der Waals surface area contributed by atoms with Crippen molar-refractivity contribution in [2.45, 2.75) is 0 Å². The lowest BCUT2D eigenvalue weighted by molar-refractivity contribution is 0.0607. The van der Waals surface area contributed by atoms with Gasteiger partial charge < -0.3 is 10.5 Å². The van der Waals surface area contributed by atoms with Crippen LogP contribution in [0.1, 0.15) is 9.67 Å². The van der Waals surface area contributed by atoms with Gasteiger partial charge in [-0.3, -0.25) is 0 Å². The number of halogens is 1. The number of nitrogens with two attached hydrogens (primary N) is 1. The fraction of sp³-hybridized carbons (Fsp3) is 0.0833. The van der Waals surface area contributed by atoms with Crippen LogP contribution in [0.3, 0.4) is 0 Å². The molecule has 1 aromatic heterocycles. The van der Waals surface area contributed by atoms with Crippen molar-refractivity contribution >= 4 is 23.0 Å². The summed E-state index contributed by atoms with van der Waals surface area (Å²) >= 11 is 1.19. The smallest absolute Gasteiger partial charge is 0.350 e. The van der Waals surface area contributed by atoms with Crippen molar-refractivity contribution in [1.82, 2.24) is 0 Å². The number of esters is 1. The number of anilines is 1. The largest absolute Gasteiger partial charge is 0.465 e. The van der Waals surface area contributed by atoms with Gasteiger partial charge in [-0.1, -0.05) is 12.1 Å². The van der Waals surface area contributed by atoms with Gasteiger partial charge in [0.1, 0.15) is 10.7 Å². The predicted molar refractivity (Wildman–Crippen MR) is 65.5 cm³/mol. The average Bonchev–Trinajstić information content (AvgIpc) is 2.70. The second kappa shape index (κ2) is 4.55. The molecule has 0 unspecified atom stereocenters. The Morgan fingerprint density at radius 3 is 2.82 bits per heavy atom. The van der Waals surface area contributed by atoms with Crippen molar-refractivity contribution in [3.8, 4) is 10.4 Å². The van der Waals surface area contributed by atoms with E-state index in [0.29, 0.717) is 16.1 Å². The highest BCUT2D eigenvalue weighted by molar-refractivity contribution is 7.18. The summed E-state index contributed by atoms with van der Waals surface area (Å²) < 4.78 is 17.7. The zero-order valence-electron chi connectivity index (χ0n) is 9.07. The van der Waals surface area contributed by atoms with E-state index >= 15 is 0 Å². The van der Waals surface area contributed by atoms with Gasteiger partial charge in [0, 0.05) is 4.88 Å². The van der Waals surface area contributed by atoms with Crippen molar-refractivity contribution in [2.24, 2.45) is 0 Å². The number of hydrogen-bond acceptors (Lipinski definition) is 4. The maximum absolute atomic E-state index is 13.1. The average molecular weight is 251 g/mol. The first-order valence-electron chi connectivity index (χ1n) is 4.85. The lowest BCUT2D eigenvalue weighted by atomic mass is 10.2. The van der Waals surface area contributed by atoms with Crippen LogP contribution < -0.4 is 5.73 Å². The third kappa shape index (κ3) is 2.29. The summed E-state index contributed by atoms with van der Waals surface area (Å²) in [6.07, 6.45) is 0. The molecule has 0 amide bonds. The third-order valence-electron chi connectivity index (χ3n) is 2.24. The molecule has 1 heterocycles. The Kier molecular flexibility index (Phi) is 3.10. The lowest BCUT2D eigenvalue weighted by Crippen LogP contribution is -2.00. The van der Waals surface area contributed by atoms with Gasteiger partial charge in [0.25, 0.3) is 0 Å². The molecule has 0 radical (unpaired) electrons. The van der Waals surface area contributed by atoms with Gasteiger partial charge in [-0.25, -0.2) is 9.18 Å². The number of methoxy groups -OCH3 is 1. The van der Waals surface area contributed by atoms with Crippen molar-refractivity contribution in [2.75, 3.05) is 12.8 Å². The van der Waals surface area contributed by atoms with Crippen LogP contribution >= 0.6 is 11.3 Å². The molecule has 0 aliphatic carbocycles. The lowest BCUT2D eigenvalue weighted by Gasteiger charge is -1.96. The molecule has 0 saturated heterocycles. The molecule has 0 aliphatic rings. The van der Waals surface area contributed by atoms with Crippen molar-refractivity contribution < 1.29 is 13.9 Å². The van der Waals surface area contributed by atoms with Gasteiger partial charge in [-0.2, -0.15) is 0 Å². The minimum atomic E-state index is -0.477. The Labute approximate surface area is 102 Å². The molecule has 2 aromatic rings. The van der Waals surface area contributed by atoms with E-state index in [2.05, 4.69) is 4.74 Å². The molecule has 17 heavy (non-hydrogen) atoms. The SMILES string of the molecule is COC(=O)c1sc(-c2cccc(F)c2)cc1N. The summed E-state index contributed by atoms with van der Waals surface area (Å²) in [6, 6.07) is 7.77. The number of carbonyl (C=O) groups is 1. The molecule has 2 rings (SSSR count). The monoisotopic (exact) mass is 251 g/mol. The van der Waals surface area contributed by atoms with Gasteiger partial charge in [-0.15, -0.1) is 11.3 Å².